The summed E-state index contributed by atoms with van der Waals surface area (Å²) in [5, 5.41) is 63.9. The van der Waals surface area contributed by atoms with Crippen molar-refractivity contribution in [2.75, 3.05) is 13.7 Å². The first-order valence-electron chi connectivity index (χ1n) is 17.4. The summed E-state index contributed by atoms with van der Waals surface area (Å²) in [6.07, 6.45) is -4.14. The SMILES string of the molecule is CO[C@@H]1[C@@H](O)[C@H](O[C@H]2CC[C@@]3(C)[C@@H](CC[C@@H]4[C@@H]3CC[C@]3(C)[C@@H](C(C)=O)CC[C@]43O)C2)O[C@H](C)[C@H]1O[C@@H]1O[C@H](CO)[C@H](O)[C@H](O)[C@H]1O. The van der Waals surface area contributed by atoms with Gasteiger partial charge >= 0.3 is 0 Å². The summed E-state index contributed by atoms with van der Waals surface area (Å²) in [5.74, 6) is 1.14. The van der Waals surface area contributed by atoms with E-state index in [4.69, 9.17) is 23.7 Å². The summed E-state index contributed by atoms with van der Waals surface area (Å²) in [5.41, 5.74) is -1.09. The highest BCUT2D eigenvalue weighted by Gasteiger charge is 2.68. The Hall–Kier alpha value is -0.770. The molecule has 2 aliphatic heterocycles. The van der Waals surface area contributed by atoms with Crippen LogP contribution < -0.4 is 0 Å². The van der Waals surface area contributed by atoms with E-state index in [0.29, 0.717) is 18.3 Å². The largest absolute Gasteiger partial charge is 0.394 e. The van der Waals surface area contributed by atoms with Gasteiger partial charge in [-0.2, -0.15) is 0 Å². The van der Waals surface area contributed by atoms with E-state index in [-0.39, 0.29) is 34.6 Å². The summed E-state index contributed by atoms with van der Waals surface area (Å²) in [4.78, 5) is 12.5. The molecule has 0 bridgehead atoms. The Morgan fingerprint density at radius 1 is 0.826 bits per heavy atom. The van der Waals surface area contributed by atoms with Gasteiger partial charge in [-0.15, -0.1) is 0 Å². The van der Waals surface area contributed by atoms with Crippen LogP contribution in [0.15, 0.2) is 0 Å². The van der Waals surface area contributed by atoms with Gasteiger partial charge in [-0.3, -0.25) is 4.79 Å². The van der Waals surface area contributed by atoms with Gasteiger partial charge in [0.15, 0.2) is 12.6 Å². The zero-order valence-corrected chi connectivity index (χ0v) is 27.9. The molecule has 12 heteroatoms. The lowest BCUT2D eigenvalue weighted by molar-refractivity contribution is -0.362. The molecule has 2 saturated heterocycles. The lowest BCUT2D eigenvalue weighted by atomic mass is 9.43. The van der Waals surface area contributed by atoms with E-state index in [9.17, 15) is 35.4 Å². The van der Waals surface area contributed by atoms with Crippen LogP contribution in [-0.2, 0) is 28.5 Å². The van der Waals surface area contributed by atoms with E-state index >= 15 is 0 Å². The fourth-order valence-corrected chi connectivity index (χ4v) is 11.0. The number of methoxy groups -OCH3 is 1. The minimum absolute atomic E-state index is 0.0597. The molecule has 18 atom stereocenters. The average molecular weight is 657 g/mol. The van der Waals surface area contributed by atoms with Crippen LogP contribution in [0.4, 0.5) is 0 Å². The van der Waals surface area contributed by atoms with Crippen molar-refractivity contribution in [3.05, 3.63) is 0 Å². The van der Waals surface area contributed by atoms with Crippen molar-refractivity contribution in [1.29, 1.82) is 0 Å². The van der Waals surface area contributed by atoms with Gasteiger partial charge < -0.3 is 54.3 Å². The molecule has 0 spiro atoms. The van der Waals surface area contributed by atoms with E-state index < -0.39 is 73.6 Å². The fourth-order valence-electron chi connectivity index (χ4n) is 11.0. The standard InChI is InChI=1S/C34H56O12/c1-16(36)20-10-13-34(41)22-7-6-18-14-19(8-11-32(18,3)21(22)9-12-33(20,34)4)44-31-27(40)29(42-5)28(17(2)43-31)46-30-26(39)25(38)24(37)23(15-35)45-30/h17-31,35,37-41H,6-15H2,1-5H3/t17-,18+,19+,20-,21+,22-,23-,24+,25+,26-,27-,28-,29-,30+,31+,32+,33-,34+/m1/s1. The molecule has 2 heterocycles. The maximum atomic E-state index is 12.5. The zero-order valence-electron chi connectivity index (χ0n) is 27.9. The molecule has 6 rings (SSSR count). The average Bonchev–Trinajstić information content (AvgIpc) is 3.31. The van der Waals surface area contributed by atoms with Gasteiger partial charge in [0.2, 0.25) is 0 Å². The van der Waals surface area contributed by atoms with Crippen molar-refractivity contribution in [2.45, 2.75) is 159 Å². The number of hydrogen-bond acceptors (Lipinski definition) is 12. The van der Waals surface area contributed by atoms with Crippen LogP contribution in [0.3, 0.4) is 0 Å². The Bertz CT molecular complexity index is 1110. The van der Waals surface area contributed by atoms with Gasteiger partial charge in [-0.25, -0.2) is 0 Å². The number of hydrogen-bond donors (Lipinski definition) is 6. The van der Waals surface area contributed by atoms with Gasteiger partial charge in [0.25, 0.3) is 0 Å². The second kappa shape index (κ2) is 12.8. The number of fused-ring (bicyclic) bond motifs is 5. The Labute approximate surface area is 271 Å². The van der Waals surface area contributed by atoms with Crippen LogP contribution in [0.2, 0.25) is 0 Å². The van der Waals surface area contributed by atoms with Crippen molar-refractivity contribution in [3.63, 3.8) is 0 Å². The maximum absolute atomic E-state index is 12.5. The van der Waals surface area contributed by atoms with Crippen LogP contribution in [-0.4, -0.2) is 123 Å². The first-order chi connectivity index (χ1) is 21.7. The molecular formula is C34H56O12. The number of Topliss-reactive ketones (excluding diaryl/α,β-unsaturated/α-hetero) is 1. The molecular weight excluding hydrogens is 600 g/mol. The van der Waals surface area contributed by atoms with Crippen LogP contribution in [0.5, 0.6) is 0 Å². The van der Waals surface area contributed by atoms with Gasteiger partial charge in [0.05, 0.1) is 24.4 Å². The molecule has 6 N–H and O–H groups in total. The van der Waals surface area contributed by atoms with Gasteiger partial charge in [-0.05, 0) is 94.8 Å². The smallest absolute Gasteiger partial charge is 0.187 e. The Balaban J connectivity index is 1.09. The molecule has 0 amide bonds. The number of aliphatic hydroxyl groups is 6. The van der Waals surface area contributed by atoms with Gasteiger partial charge in [0, 0.05) is 18.4 Å². The summed E-state index contributed by atoms with van der Waals surface area (Å²) in [7, 11) is 1.43. The zero-order chi connectivity index (χ0) is 33.3. The maximum Gasteiger partial charge on any atom is 0.187 e. The van der Waals surface area contributed by atoms with E-state index in [0.717, 1.165) is 51.4 Å². The first kappa shape index (κ1) is 35.1. The molecule has 0 radical (unpaired) electrons. The summed E-state index contributed by atoms with van der Waals surface area (Å²) in [6.45, 7) is 7.39. The highest BCUT2D eigenvalue weighted by molar-refractivity contribution is 5.80. The van der Waals surface area contributed by atoms with E-state index in [2.05, 4.69) is 13.8 Å². The molecule has 0 aromatic heterocycles. The number of ketones is 1. The lowest BCUT2D eigenvalue weighted by Crippen LogP contribution is -2.64. The van der Waals surface area contributed by atoms with Crippen molar-refractivity contribution >= 4 is 5.78 Å². The Morgan fingerprint density at radius 2 is 1.54 bits per heavy atom. The molecule has 46 heavy (non-hydrogen) atoms. The second-order valence-corrected chi connectivity index (χ2v) is 15.8. The predicted molar refractivity (Wildman–Crippen MR) is 162 cm³/mol. The van der Waals surface area contributed by atoms with Gasteiger partial charge in [-0.1, -0.05) is 13.8 Å². The minimum Gasteiger partial charge on any atom is -0.394 e. The van der Waals surface area contributed by atoms with Crippen molar-refractivity contribution < 1.29 is 59.1 Å². The van der Waals surface area contributed by atoms with Crippen molar-refractivity contribution in [2.24, 2.45) is 34.5 Å². The van der Waals surface area contributed by atoms with Crippen molar-refractivity contribution in [1.82, 2.24) is 0 Å². The third kappa shape index (κ3) is 5.42. The topological polar surface area (TPSA) is 185 Å². The number of ether oxygens (including phenoxy) is 5. The van der Waals surface area contributed by atoms with Crippen LogP contribution >= 0.6 is 0 Å². The monoisotopic (exact) mass is 656 g/mol. The minimum atomic E-state index is -1.60. The lowest BCUT2D eigenvalue weighted by Gasteiger charge is -2.63. The normalized spacial score (nSPS) is 55.7. The molecule has 0 unspecified atom stereocenters. The summed E-state index contributed by atoms with van der Waals surface area (Å²) in [6, 6.07) is 0. The predicted octanol–water partition coefficient (Wildman–Crippen LogP) is 1.04. The summed E-state index contributed by atoms with van der Waals surface area (Å²) < 4.78 is 29.7. The molecule has 0 aromatic carbocycles. The highest BCUT2D eigenvalue weighted by Crippen LogP contribution is 2.69. The number of carbonyl (C=O) groups is 1. The molecule has 4 saturated carbocycles. The first-order valence-corrected chi connectivity index (χ1v) is 17.4. The van der Waals surface area contributed by atoms with Crippen LogP contribution in [0.1, 0.15) is 85.5 Å². The fraction of sp³-hybridized carbons (Fsp3) is 0.971. The molecule has 264 valence electrons. The van der Waals surface area contributed by atoms with Gasteiger partial charge in [0.1, 0.15) is 48.5 Å². The van der Waals surface area contributed by atoms with Crippen LogP contribution in [0, 0.1) is 34.5 Å². The Kier molecular flexibility index (Phi) is 9.79. The molecule has 6 aliphatic rings. The second-order valence-electron chi connectivity index (χ2n) is 15.8. The summed E-state index contributed by atoms with van der Waals surface area (Å²) >= 11 is 0. The number of carbonyl (C=O) groups excluding carboxylic acids is 1. The number of rotatable bonds is 7. The van der Waals surface area contributed by atoms with Crippen molar-refractivity contribution in [3.8, 4) is 0 Å². The van der Waals surface area contributed by atoms with E-state index in [1.165, 1.54) is 7.11 Å². The molecule has 4 aliphatic carbocycles. The Morgan fingerprint density at radius 3 is 2.22 bits per heavy atom. The number of aliphatic hydroxyl groups excluding tert-OH is 5. The third-order valence-electron chi connectivity index (χ3n) is 13.8. The van der Waals surface area contributed by atoms with Crippen LogP contribution in [0.25, 0.3) is 0 Å². The molecule has 0 aromatic rings. The van der Waals surface area contributed by atoms with E-state index in [1.54, 1.807) is 13.8 Å². The van der Waals surface area contributed by atoms with E-state index in [1.807, 2.05) is 0 Å². The molecule has 6 fully saturated rings. The quantitative estimate of drug-likeness (QED) is 0.214. The third-order valence-corrected chi connectivity index (χ3v) is 13.8. The highest BCUT2D eigenvalue weighted by atomic mass is 16.7. The molecule has 12 nitrogen and oxygen atoms in total.